The van der Waals surface area contributed by atoms with Gasteiger partial charge in [-0.25, -0.2) is 4.98 Å². The second-order valence-electron chi connectivity index (χ2n) is 13.4. The molecule has 4 aromatic heterocycles. The first kappa shape index (κ1) is 29.5. The molecular weight excluding hydrogens is 651 g/mol. The van der Waals surface area contributed by atoms with Crippen molar-refractivity contribution in [3.05, 3.63) is 175 Å². The predicted molar refractivity (Wildman–Crippen MR) is 215 cm³/mol. The van der Waals surface area contributed by atoms with E-state index >= 15 is 0 Å². The number of fused-ring (bicyclic) bond motifs is 12. The van der Waals surface area contributed by atoms with E-state index in [1.54, 1.807) is 0 Å². The Balaban J connectivity index is 1.16. The van der Waals surface area contributed by atoms with Crippen molar-refractivity contribution in [2.75, 3.05) is 0 Å². The summed E-state index contributed by atoms with van der Waals surface area (Å²) in [7, 11) is 0. The molecule has 0 saturated carbocycles. The summed E-state index contributed by atoms with van der Waals surface area (Å²) in [5, 5.41) is 4.28. The van der Waals surface area contributed by atoms with Crippen LogP contribution in [0.4, 0.5) is 0 Å². The van der Waals surface area contributed by atoms with Crippen molar-refractivity contribution in [3.8, 4) is 50.7 Å². The number of pyridine rings is 2. The molecule has 0 N–H and O–H groups in total. The summed E-state index contributed by atoms with van der Waals surface area (Å²) in [5.41, 5.74) is 12.4. The van der Waals surface area contributed by atoms with Gasteiger partial charge < -0.3 is 9.15 Å². The maximum atomic E-state index is 7.02. The van der Waals surface area contributed by atoms with Gasteiger partial charge in [-0.05, 0) is 94.0 Å². The molecule has 1 aliphatic rings. The van der Waals surface area contributed by atoms with Gasteiger partial charge in [-0.1, -0.05) is 97.1 Å². The van der Waals surface area contributed by atoms with Crippen LogP contribution < -0.4 is 4.74 Å². The number of furan rings is 1. The first-order valence-electron chi connectivity index (χ1n) is 17.7. The molecule has 10 aromatic rings. The Morgan fingerprint density at radius 2 is 1.23 bits per heavy atom. The first-order chi connectivity index (χ1) is 26.3. The fourth-order valence-electron chi connectivity index (χ4n) is 7.90. The van der Waals surface area contributed by atoms with Crippen LogP contribution in [0.5, 0.6) is 11.5 Å². The molecule has 5 nitrogen and oxygen atoms in total. The van der Waals surface area contributed by atoms with E-state index in [1.165, 1.54) is 0 Å². The summed E-state index contributed by atoms with van der Waals surface area (Å²) >= 11 is 0. The number of benzene rings is 6. The summed E-state index contributed by atoms with van der Waals surface area (Å²) in [6, 6.07) is 50.7. The highest BCUT2D eigenvalue weighted by atomic mass is 16.5. The predicted octanol–water partition coefficient (Wildman–Crippen LogP) is 12.8. The molecule has 0 saturated heterocycles. The van der Waals surface area contributed by atoms with Gasteiger partial charge in [0.1, 0.15) is 28.5 Å². The van der Waals surface area contributed by atoms with E-state index in [4.69, 9.17) is 9.15 Å². The van der Waals surface area contributed by atoms with Crippen molar-refractivity contribution in [3.63, 3.8) is 0 Å². The Bertz CT molecular complexity index is 3100. The smallest absolute Gasteiger partial charge is 0.137 e. The van der Waals surface area contributed by atoms with Crippen LogP contribution in [-0.4, -0.2) is 14.5 Å². The van der Waals surface area contributed by atoms with E-state index < -0.39 is 0 Å². The lowest BCUT2D eigenvalue weighted by atomic mass is 9.92. The van der Waals surface area contributed by atoms with E-state index in [-0.39, 0.29) is 0 Å². The van der Waals surface area contributed by atoms with Gasteiger partial charge in [-0.3, -0.25) is 9.55 Å². The molecule has 1 aliphatic heterocycles. The minimum atomic E-state index is 0.766. The normalized spacial score (nSPS) is 12.8. The van der Waals surface area contributed by atoms with Gasteiger partial charge in [0.05, 0.1) is 11.0 Å². The number of rotatable bonds is 2. The molecule has 0 fully saturated rings. The van der Waals surface area contributed by atoms with Crippen molar-refractivity contribution >= 4 is 55.9 Å². The third kappa shape index (κ3) is 4.71. The molecule has 6 aromatic carbocycles. The van der Waals surface area contributed by atoms with Gasteiger partial charge in [-0.2, -0.15) is 0 Å². The molecule has 5 heterocycles. The Morgan fingerprint density at radius 3 is 2.15 bits per heavy atom. The quantitative estimate of drug-likeness (QED) is 0.182. The number of nitrogens with zero attached hydrogens (tertiary/aromatic N) is 3. The van der Waals surface area contributed by atoms with E-state index in [1.807, 2.05) is 61.1 Å². The molecule has 53 heavy (non-hydrogen) atoms. The Hall–Kier alpha value is -7.24. The molecule has 0 spiro atoms. The van der Waals surface area contributed by atoms with E-state index in [2.05, 4.69) is 130 Å². The average Bonchev–Trinajstić information content (AvgIpc) is 3.74. The van der Waals surface area contributed by atoms with Crippen molar-refractivity contribution in [2.24, 2.45) is 0 Å². The molecule has 0 atom stereocenters. The number of para-hydroxylation sites is 2. The van der Waals surface area contributed by atoms with Gasteiger partial charge in [-0.15, -0.1) is 0 Å². The second-order valence-corrected chi connectivity index (χ2v) is 13.4. The SMILES string of the molecule is C1=C\c2ccc(-c3ccc4c(c3)c3cnccc3n4-c3ccccn3)cc2-c2cc3oc4ccccc4c3cc2Oc2ccccc2-c2ccccc2/1. The standard InChI is InChI=1S/C48H29N3O2/c1-2-10-34-30(9-1)16-17-31-18-19-32(33-20-21-42-38(26-33)41-29-49-24-22-43(41)51(42)48-15-7-8-23-50-48)25-37(31)40-28-46-39(36-12-4-6-14-45(36)53-46)27-47(40)52-44-13-5-3-11-35(34)44/h1-29H/b17-16-. The Labute approximate surface area is 304 Å². The van der Waals surface area contributed by atoms with Crippen LogP contribution in [0.1, 0.15) is 11.1 Å². The topological polar surface area (TPSA) is 53.1 Å². The van der Waals surface area contributed by atoms with E-state index in [0.29, 0.717) is 0 Å². The van der Waals surface area contributed by atoms with Gasteiger partial charge in [0.2, 0.25) is 0 Å². The lowest BCUT2D eigenvalue weighted by Crippen LogP contribution is -1.96. The zero-order chi connectivity index (χ0) is 34.9. The molecule has 11 rings (SSSR count). The number of hydrogen-bond acceptors (Lipinski definition) is 4. The first-order valence-corrected chi connectivity index (χ1v) is 17.7. The average molecular weight is 680 g/mol. The lowest BCUT2D eigenvalue weighted by Gasteiger charge is -2.17. The van der Waals surface area contributed by atoms with Crippen LogP contribution in [0.2, 0.25) is 0 Å². The fourth-order valence-corrected chi connectivity index (χ4v) is 7.90. The minimum absolute atomic E-state index is 0.766. The molecule has 0 radical (unpaired) electrons. The minimum Gasteiger partial charge on any atom is -0.456 e. The van der Waals surface area contributed by atoms with Gasteiger partial charge in [0.15, 0.2) is 0 Å². The van der Waals surface area contributed by atoms with Crippen molar-refractivity contribution in [1.82, 2.24) is 14.5 Å². The third-order valence-electron chi connectivity index (χ3n) is 10.4. The highest BCUT2D eigenvalue weighted by Gasteiger charge is 2.21. The number of ether oxygens (including phenoxy) is 1. The summed E-state index contributed by atoms with van der Waals surface area (Å²) in [6.45, 7) is 0. The van der Waals surface area contributed by atoms with Gasteiger partial charge in [0.25, 0.3) is 0 Å². The van der Waals surface area contributed by atoms with Crippen LogP contribution in [0.15, 0.2) is 169 Å². The van der Waals surface area contributed by atoms with Crippen molar-refractivity contribution < 1.29 is 9.15 Å². The second kappa shape index (κ2) is 11.7. The maximum Gasteiger partial charge on any atom is 0.137 e. The van der Waals surface area contributed by atoms with Crippen LogP contribution in [0.25, 0.3) is 95.1 Å². The Kier molecular flexibility index (Phi) is 6.48. The summed E-state index contributed by atoms with van der Waals surface area (Å²) in [4.78, 5) is 9.20. The van der Waals surface area contributed by atoms with Crippen LogP contribution in [-0.2, 0) is 0 Å². The Morgan fingerprint density at radius 1 is 0.453 bits per heavy atom. The van der Waals surface area contributed by atoms with Crippen LogP contribution in [0.3, 0.4) is 0 Å². The zero-order valence-corrected chi connectivity index (χ0v) is 28.4. The number of hydrogen-bond donors (Lipinski definition) is 0. The molecule has 0 amide bonds. The molecule has 5 heteroatoms. The monoisotopic (exact) mass is 679 g/mol. The van der Waals surface area contributed by atoms with Gasteiger partial charge >= 0.3 is 0 Å². The molecule has 0 aliphatic carbocycles. The zero-order valence-electron chi connectivity index (χ0n) is 28.4. The van der Waals surface area contributed by atoms with Crippen LogP contribution in [0, 0.1) is 0 Å². The highest BCUT2D eigenvalue weighted by Crippen LogP contribution is 2.46. The molecule has 0 unspecified atom stereocenters. The molecule has 248 valence electrons. The lowest BCUT2D eigenvalue weighted by molar-refractivity contribution is 0.487. The summed E-state index contributed by atoms with van der Waals surface area (Å²) in [5.74, 6) is 2.44. The highest BCUT2D eigenvalue weighted by molar-refractivity contribution is 6.10. The van der Waals surface area contributed by atoms with Gasteiger partial charge in [0, 0.05) is 51.3 Å². The third-order valence-corrected chi connectivity index (χ3v) is 10.4. The largest absolute Gasteiger partial charge is 0.456 e. The molecule has 0 bridgehead atoms. The maximum absolute atomic E-state index is 7.02. The van der Waals surface area contributed by atoms with Crippen LogP contribution >= 0.6 is 0 Å². The van der Waals surface area contributed by atoms with Crippen molar-refractivity contribution in [2.45, 2.75) is 0 Å². The summed E-state index contributed by atoms with van der Waals surface area (Å²) in [6.07, 6.45) is 10.0. The fraction of sp³-hybridized carbons (Fsp3) is 0. The van der Waals surface area contributed by atoms with E-state index in [0.717, 1.165) is 106 Å². The number of aromatic nitrogens is 3. The van der Waals surface area contributed by atoms with Crippen molar-refractivity contribution in [1.29, 1.82) is 0 Å². The molecular formula is C48H29N3O2. The van der Waals surface area contributed by atoms with E-state index in [9.17, 15) is 0 Å². The summed E-state index contributed by atoms with van der Waals surface area (Å²) < 4.78 is 15.7.